The highest BCUT2D eigenvalue weighted by Crippen LogP contribution is 2.23. The fraction of sp³-hybridized carbons (Fsp3) is 0.350. The van der Waals surface area contributed by atoms with Crippen molar-refractivity contribution >= 4 is 11.6 Å². The van der Waals surface area contributed by atoms with Crippen molar-refractivity contribution in [3.05, 3.63) is 59.7 Å². The van der Waals surface area contributed by atoms with E-state index in [2.05, 4.69) is 10.1 Å². The molecule has 2 aromatic rings. The molecule has 0 unspecified atom stereocenters. The van der Waals surface area contributed by atoms with Crippen LogP contribution in [-0.2, 0) is 16.1 Å². The third-order valence-electron chi connectivity index (χ3n) is 3.74. The lowest BCUT2D eigenvalue weighted by Gasteiger charge is -2.15. The van der Waals surface area contributed by atoms with Gasteiger partial charge in [-0.25, -0.2) is 8.78 Å². The zero-order chi connectivity index (χ0) is 21.3. The maximum absolute atomic E-state index is 12.9. The van der Waals surface area contributed by atoms with E-state index >= 15 is 0 Å². The van der Waals surface area contributed by atoms with E-state index in [0.29, 0.717) is 35.8 Å². The number of methoxy groups -OCH3 is 1. The Bertz CT molecular complexity index is 784. The zero-order valence-electron chi connectivity index (χ0n) is 15.7. The molecule has 29 heavy (non-hydrogen) atoms. The Morgan fingerprint density at radius 3 is 2.48 bits per heavy atom. The number of benzene rings is 2. The van der Waals surface area contributed by atoms with Gasteiger partial charge in [-0.3, -0.25) is 4.79 Å². The number of hydrogen-bond donors (Lipinski definition) is 1. The Kier molecular flexibility index (Phi) is 8.41. The molecule has 158 valence electrons. The lowest BCUT2D eigenvalue weighted by atomic mass is 10.1. The Morgan fingerprint density at radius 2 is 1.83 bits per heavy atom. The second-order valence-electron chi connectivity index (χ2n) is 6.07. The van der Waals surface area contributed by atoms with Crippen molar-refractivity contribution in [1.82, 2.24) is 0 Å². The summed E-state index contributed by atoms with van der Waals surface area (Å²) in [5, 5.41) is 2.67. The van der Waals surface area contributed by atoms with Crippen LogP contribution in [0, 0.1) is 0 Å². The zero-order valence-corrected chi connectivity index (χ0v) is 15.7. The number of carbonyl (C=O) groups excluding carboxylic acids is 1. The van der Waals surface area contributed by atoms with Crippen LogP contribution in [0.2, 0.25) is 0 Å². The van der Waals surface area contributed by atoms with Gasteiger partial charge in [-0.15, -0.1) is 0 Å². The monoisotopic (exact) mass is 415 g/mol. The smallest absolute Gasteiger partial charge is 0.330 e. The molecule has 0 aliphatic rings. The van der Waals surface area contributed by atoms with Crippen LogP contribution in [0.5, 0.6) is 5.75 Å². The second kappa shape index (κ2) is 10.8. The van der Waals surface area contributed by atoms with Crippen molar-refractivity contribution in [2.24, 2.45) is 0 Å². The van der Waals surface area contributed by atoms with E-state index in [1.54, 1.807) is 49.6 Å². The molecule has 0 saturated heterocycles. The minimum Gasteiger partial charge on any atom is -0.491 e. The predicted octanol–water partition coefficient (Wildman–Crippen LogP) is 4.38. The first-order valence-electron chi connectivity index (χ1n) is 8.67. The molecular formula is C20H21F4NO4. The van der Waals surface area contributed by atoms with E-state index in [-0.39, 0.29) is 12.5 Å². The van der Waals surface area contributed by atoms with E-state index < -0.39 is 19.0 Å². The summed E-state index contributed by atoms with van der Waals surface area (Å²) in [5.41, 5.74) is 1.26. The number of halogens is 4. The van der Waals surface area contributed by atoms with Crippen LogP contribution >= 0.6 is 0 Å². The molecule has 1 N–H and O–H groups in total. The van der Waals surface area contributed by atoms with Gasteiger partial charge in [-0.05, 0) is 42.0 Å². The summed E-state index contributed by atoms with van der Waals surface area (Å²) in [7, 11) is 1.57. The Labute approximate surface area is 165 Å². The lowest BCUT2D eigenvalue weighted by Crippen LogP contribution is -2.32. The van der Waals surface area contributed by atoms with Gasteiger partial charge in [0.25, 0.3) is 5.91 Å². The van der Waals surface area contributed by atoms with Gasteiger partial charge in [-0.2, -0.15) is 8.78 Å². The first-order chi connectivity index (χ1) is 13.8. The largest absolute Gasteiger partial charge is 0.491 e. The fourth-order valence-corrected chi connectivity index (χ4v) is 2.26. The van der Waals surface area contributed by atoms with E-state index in [9.17, 15) is 22.4 Å². The number of amides is 1. The van der Waals surface area contributed by atoms with Gasteiger partial charge in [0.15, 0.2) is 0 Å². The third kappa shape index (κ3) is 7.35. The van der Waals surface area contributed by atoms with Gasteiger partial charge in [0.2, 0.25) is 0 Å². The predicted molar refractivity (Wildman–Crippen MR) is 98.8 cm³/mol. The number of anilines is 1. The van der Waals surface area contributed by atoms with Gasteiger partial charge in [0.05, 0.1) is 13.2 Å². The molecule has 5 nitrogen and oxygen atoms in total. The molecular weight excluding hydrogens is 394 g/mol. The van der Waals surface area contributed by atoms with Crippen molar-refractivity contribution in [3.8, 4) is 5.75 Å². The van der Waals surface area contributed by atoms with Crippen molar-refractivity contribution < 1.29 is 36.6 Å². The molecule has 0 heterocycles. The van der Waals surface area contributed by atoms with Gasteiger partial charge in [-0.1, -0.05) is 12.1 Å². The van der Waals surface area contributed by atoms with Crippen LogP contribution in [0.3, 0.4) is 0 Å². The maximum Gasteiger partial charge on any atom is 0.330 e. The van der Waals surface area contributed by atoms with Crippen LogP contribution in [0.15, 0.2) is 48.5 Å². The molecule has 2 rings (SSSR count). The van der Waals surface area contributed by atoms with Gasteiger partial charge in [0, 0.05) is 18.4 Å². The number of rotatable bonds is 11. The Balaban J connectivity index is 1.89. The SMILES string of the molecule is COCCOc1ccc(C(=O)Nc2cccc(COCC(F)(F)C(F)F)c2)cc1. The molecule has 9 heteroatoms. The third-order valence-corrected chi connectivity index (χ3v) is 3.74. The summed E-state index contributed by atoms with van der Waals surface area (Å²) in [6.07, 6.45) is -3.79. The summed E-state index contributed by atoms with van der Waals surface area (Å²) in [6.45, 7) is -0.845. The number of ether oxygens (including phenoxy) is 3. The molecule has 0 aromatic heterocycles. The quantitative estimate of drug-likeness (QED) is 0.437. The number of nitrogens with one attached hydrogen (secondary N) is 1. The summed E-state index contributed by atoms with van der Waals surface area (Å²) < 4.78 is 64.9. The Morgan fingerprint density at radius 1 is 1.10 bits per heavy atom. The summed E-state index contributed by atoms with van der Waals surface area (Å²) in [4.78, 5) is 12.3. The van der Waals surface area contributed by atoms with Gasteiger partial charge in [0.1, 0.15) is 19.0 Å². The maximum atomic E-state index is 12.9. The molecule has 0 atom stereocenters. The van der Waals surface area contributed by atoms with E-state index in [1.165, 1.54) is 6.07 Å². The molecule has 0 saturated carbocycles. The number of alkyl halides is 4. The molecule has 0 radical (unpaired) electrons. The highest BCUT2D eigenvalue weighted by Gasteiger charge is 2.40. The van der Waals surface area contributed by atoms with Crippen LogP contribution < -0.4 is 10.1 Å². The van der Waals surface area contributed by atoms with E-state index in [0.717, 1.165) is 0 Å². The molecule has 1 amide bonds. The lowest BCUT2D eigenvalue weighted by molar-refractivity contribution is -0.168. The highest BCUT2D eigenvalue weighted by molar-refractivity contribution is 6.04. The molecule has 0 aliphatic carbocycles. The van der Waals surface area contributed by atoms with Crippen molar-refractivity contribution in [1.29, 1.82) is 0 Å². The van der Waals surface area contributed by atoms with Gasteiger partial charge >= 0.3 is 12.3 Å². The molecule has 2 aromatic carbocycles. The average molecular weight is 415 g/mol. The molecule has 0 bridgehead atoms. The number of carbonyl (C=O) groups is 1. The highest BCUT2D eigenvalue weighted by atomic mass is 19.3. The number of hydrogen-bond acceptors (Lipinski definition) is 4. The topological polar surface area (TPSA) is 56.8 Å². The minimum absolute atomic E-state index is 0.292. The standard InChI is InChI=1S/C20H21F4NO4/c1-27-9-10-29-17-7-5-15(6-8-17)18(26)25-16-4-2-3-14(11-16)12-28-13-20(23,24)19(21)22/h2-8,11,19H,9-10,12-13H2,1H3,(H,25,26). The average Bonchev–Trinajstić information content (AvgIpc) is 2.69. The van der Waals surface area contributed by atoms with Crippen LogP contribution in [-0.4, -0.2) is 45.2 Å². The summed E-state index contributed by atoms with van der Waals surface area (Å²) >= 11 is 0. The van der Waals surface area contributed by atoms with Crippen LogP contribution in [0.25, 0.3) is 0 Å². The summed E-state index contributed by atoms with van der Waals surface area (Å²) in [5.74, 6) is -3.99. The normalized spacial score (nSPS) is 11.5. The van der Waals surface area contributed by atoms with Crippen molar-refractivity contribution in [2.45, 2.75) is 19.0 Å². The molecule has 0 spiro atoms. The first kappa shape index (κ1) is 22.6. The van der Waals surface area contributed by atoms with Crippen LogP contribution in [0.1, 0.15) is 15.9 Å². The fourth-order valence-electron chi connectivity index (χ4n) is 2.26. The summed E-state index contributed by atoms with van der Waals surface area (Å²) in [6, 6.07) is 12.8. The minimum atomic E-state index is -4.20. The van der Waals surface area contributed by atoms with Crippen LogP contribution in [0.4, 0.5) is 23.2 Å². The van der Waals surface area contributed by atoms with Crippen molar-refractivity contribution in [3.63, 3.8) is 0 Å². The Hall–Kier alpha value is -2.65. The molecule has 0 fully saturated rings. The van der Waals surface area contributed by atoms with Gasteiger partial charge < -0.3 is 19.5 Å². The van der Waals surface area contributed by atoms with E-state index in [4.69, 9.17) is 9.47 Å². The van der Waals surface area contributed by atoms with Crippen molar-refractivity contribution in [2.75, 3.05) is 32.2 Å². The first-order valence-corrected chi connectivity index (χ1v) is 8.67. The molecule has 0 aliphatic heterocycles. The second-order valence-corrected chi connectivity index (χ2v) is 6.07. The van der Waals surface area contributed by atoms with E-state index in [1.807, 2.05) is 0 Å².